The van der Waals surface area contributed by atoms with E-state index in [0.29, 0.717) is 0 Å². The van der Waals surface area contributed by atoms with Crippen molar-refractivity contribution in [3.63, 3.8) is 0 Å². The van der Waals surface area contributed by atoms with E-state index in [1.54, 1.807) is 18.4 Å². The van der Waals surface area contributed by atoms with Crippen LogP contribution in [0.3, 0.4) is 0 Å². The zero-order valence-electron chi connectivity index (χ0n) is 12.0. The van der Waals surface area contributed by atoms with Gasteiger partial charge in [0.2, 0.25) is 0 Å². The molecule has 0 radical (unpaired) electrons. The Morgan fingerprint density at radius 1 is 1.19 bits per heavy atom. The third kappa shape index (κ3) is 2.92. The molecule has 0 aliphatic heterocycles. The van der Waals surface area contributed by atoms with Crippen LogP contribution >= 0.6 is 11.3 Å². The first kappa shape index (κ1) is 13.7. The van der Waals surface area contributed by atoms with Crippen LogP contribution in [0.15, 0.2) is 42.5 Å². The van der Waals surface area contributed by atoms with Crippen molar-refractivity contribution >= 4 is 32.4 Å². The topological polar surface area (TPSA) is 51.4 Å². The van der Waals surface area contributed by atoms with Crippen molar-refractivity contribution in [3.8, 4) is 5.75 Å². The number of hydrogen-bond acceptors (Lipinski definition) is 5. The Morgan fingerprint density at radius 2 is 1.95 bits per heavy atom. The van der Waals surface area contributed by atoms with Crippen LogP contribution < -0.4 is 15.4 Å². The Labute approximate surface area is 127 Å². The minimum absolute atomic E-state index is 0.774. The molecule has 21 heavy (non-hydrogen) atoms. The van der Waals surface area contributed by atoms with Crippen LogP contribution in [0.1, 0.15) is 5.56 Å². The van der Waals surface area contributed by atoms with Crippen molar-refractivity contribution in [2.45, 2.75) is 6.54 Å². The fraction of sp³-hybridized carbons (Fsp3) is 0.188. The van der Waals surface area contributed by atoms with Gasteiger partial charge in [-0.15, -0.1) is 0 Å². The summed E-state index contributed by atoms with van der Waals surface area (Å²) in [6.07, 6.45) is 0. The van der Waals surface area contributed by atoms with Crippen molar-refractivity contribution in [2.24, 2.45) is 0 Å². The molecule has 1 heterocycles. The maximum atomic E-state index is 5.81. The average molecular weight is 299 g/mol. The summed E-state index contributed by atoms with van der Waals surface area (Å²) >= 11 is 1.66. The van der Waals surface area contributed by atoms with Crippen molar-refractivity contribution < 1.29 is 4.74 Å². The van der Waals surface area contributed by atoms with Gasteiger partial charge < -0.3 is 15.4 Å². The molecule has 4 nitrogen and oxygen atoms in total. The number of nitrogens with zero attached hydrogens (tertiary/aromatic N) is 2. The maximum absolute atomic E-state index is 5.81. The number of hydrogen-bond donors (Lipinski definition) is 1. The van der Waals surface area contributed by atoms with Crippen molar-refractivity contribution in [2.75, 3.05) is 24.8 Å². The van der Waals surface area contributed by atoms with Crippen LogP contribution in [-0.4, -0.2) is 19.1 Å². The summed E-state index contributed by atoms with van der Waals surface area (Å²) in [6, 6.07) is 13.9. The van der Waals surface area contributed by atoms with E-state index < -0.39 is 0 Å². The van der Waals surface area contributed by atoms with E-state index in [4.69, 9.17) is 10.5 Å². The second kappa shape index (κ2) is 5.61. The van der Waals surface area contributed by atoms with E-state index in [1.165, 1.54) is 5.56 Å². The maximum Gasteiger partial charge on any atom is 0.186 e. The molecule has 0 atom stereocenters. The molecule has 0 unspecified atom stereocenters. The molecule has 0 aliphatic carbocycles. The first-order valence-corrected chi connectivity index (χ1v) is 7.47. The standard InChI is InChI=1S/C16H17N3OS/c1-19(10-11-3-6-13(20-2)7-4-11)16-18-14-8-5-12(17)9-15(14)21-16/h3-9H,10,17H2,1-2H3. The number of nitrogen functional groups attached to an aromatic ring is 1. The predicted octanol–water partition coefficient (Wildman–Crippen LogP) is 3.52. The molecule has 0 saturated heterocycles. The summed E-state index contributed by atoms with van der Waals surface area (Å²) in [4.78, 5) is 6.79. The molecule has 1 aromatic heterocycles. The molecule has 3 aromatic rings. The lowest BCUT2D eigenvalue weighted by Gasteiger charge is -2.15. The van der Waals surface area contributed by atoms with E-state index in [1.807, 2.05) is 37.4 Å². The van der Waals surface area contributed by atoms with Crippen LogP contribution in [0.4, 0.5) is 10.8 Å². The van der Waals surface area contributed by atoms with Crippen molar-refractivity contribution in [3.05, 3.63) is 48.0 Å². The molecule has 0 bridgehead atoms. The molecule has 2 N–H and O–H groups in total. The highest BCUT2D eigenvalue weighted by molar-refractivity contribution is 7.22. The molecule has 5 heteroatoms. The lowest BCUT2D eigenvalue weighted by Crippen LogP contribution is -2.15. The number of aromatic nitrogens is 1. The second-order valence-corrected chi connectivity index (χ2v) is 5.94. The van der Waals surface area contributed by atoms with Crippen molar-refractivity contribution in [1.29, 1.82) is 0 Å². The highest BCUT2D eigenvalue weighted by Crippen LogP contribution is 2.30. The Hall–Kier alpha value is -2.27. The van der Waals surface area contributed by atoms with Crippen LogP contribution in [0.25, 0.3) is 10.2 Å². The fourth-order valence-electron chi connectivity index (χ4n) is 2.16. The minimum atomic E-state index is 0.774. The summed E-state index contributed by atoms with van der Waals surface area (Å²) in [5.74, 6) is 0.872. The average Bonchev–Trinajstić information content (AvgIpc) is 2.91. The van der Waals surface area contributed by atoms with Gasteiger partial charge in [-0.25, -0.2) is 4.98 Å². The molecular formula is C16H17N3OS. The van der Waals surface area contributed by atoms with Gasteiger partial charge in [-0.2, -0.15) is 0 Å². The molecule has 2 aromatic carbocycles. The summed E-state index contributed by atoms with van der Waals surface area (Å²) in [6.45, 7) is 0.805. The summed E-state index contributed by atoms with van der Waals surface area (Å²) < 4.78 is 6.29. The quantitative estimate of drug-likeness (QED) is 0.749. The fourth-order valence-corrected chi connectivity index (χ4v) is 3.14. The summed E-state index contributed by atoms with van der Waals surface area (Å²) in [5, 5.41) is 0.992. The van der Waals surface area contributed by atoms with E-state index in [9.17, 15) is 0 Å². The monoisotopic (exact) mass is 299 g/mol. The first-order chi connectivity index (χ1) is 10.2. The molecule has 108 valence electrons. The van der Waals surface area contributed by atoms with Gasteiger partial charge in [0.1, 0.15) is 5.75 Å². The number of anilines is 2. The molecular weight excluding hydrogens is 282 g/mol. The summed E-state index contributed by atoms with van der Waals surface area (Å²) in [5.41, 5.74) is 8.80. The number of ether oxygens (including phenoxy) is 1. The second-order valence-electron chi connectivity index (χ2n) is 4.93. The van der Waals surface area contributed by atoms with Crippen molar-refractivity contribution in [1.82, 2.24) is 4.98 Å². The number of fused-ring (bicyclic) bond motifs is 1. The Bertz CT molecular complexity index is 752. The molecule has 3 rings (SSSR count). The highest BCUT2D eigenvalue weighted by Gasteiger charge is 2.09. The van der Waals surface area contributed by atoms with Gasteiger partial charge in [0, 0.05) is 19.3 Å². The van der Waals surface area contributed by atoms with Crippen LogP contribution in [0.5, 0.6) is 5.75 Å². The number of thiazole rings is 1. The Kier molecular flexibility index (Phi) is 3.66. The van der Waals surface area contributed by atoms with Gasteiger partial charge in [0.05, 0.1) is 17.3 Å². The Balaban J connectivity index is 1.80. The highest BCUT2D eigenvalue weighted by atomic mass is 32.1. The van der Waals surface area contributed by atoms with Gasteiger partial charge in [-0.3, -0.25) is 0 Å². The molecule has 0 spiro atoms. The smallest absolute Gasteiger partial charge is 0.186 e. The van der Waals surface area contributed by atoms with E-state index in [0.717, 1.165) is 33.3 Å². The number of methoxy groups -OCH3 is 1. The van der Waals surface area contributed by atoms with Gasteiger partial charge in [0.15, 0.2) is 5.13 Å². The van der Waals surface area contributed by atoms with Gasteiger partial charge in [-0.1, -0.05) is 23.5 Å². The third-order valence-corrected chi connectivity index (χ3v) is 4.44. The zero-order valence-corrected chi connectivity index (χ0v) is 12.9. The lowest BCUT2D eigenvalue weighted by atomic mass is 10.2. The van der Waals surface area contributed by atoms with Crippen LogP contribution in [0, 0.1) is 0 Å². The number of nitrogens with two attached hydrogens (primary N) is 1. The largest absolute Gasteiger partial charge is 0.497 e. The first-order valence-electron chi connectivity index (χ1n) is 6.66. The third-order valence-electron chi connectivity index (χ3n) is 3.31. The SMILES string of the molecule is COc1ccc(CN(C)c2nc3ccc(N)cc3s2)cc1. The molecule has 0 amide bonds. The lowest BCUT2D eigenvalue weighted by molar-refractivity contribution is 0.414. The predicted molar refractivity (Wildman–Crippen MR) is 89.1 cm³/mol. The zero-order chi connectivity index (χ0) is 14.8. The Morgan fingerprint density at radius 3 is 2.67 bits per heavy atom. The van der Waals surface area contributed by atoms with Gasteiger partial charge in [-0.05, 0) is 35.9 Å². The number of rotatable bonds is 4. The molecule has 0 fully saturated rings. The summed E-state index contributed by atoms with van der Waals surface area (Å²) in [7, 11) is 3.72. The molecule has 0 saturated carbocycles. The van der Waals surface area contributed by atoms with E-state index >= 15 is 0 Å². The van der Waals surface area contributed by atoms with E-state index in [2.05, 4.69) is 22.0 Å². The van der Waals surface area contributed by atoms with Gasteiger partial charge >= 0.3 is 0 Å². The van der Waals surface area contributed by atoms with Crippen LogP contribution in [0.2, 0.25) is 0 Å². The van der Waals surface area contributed by atoms with Gasteiger partial charge in [0.25, 0.3) is 0 Å². The molecule has 0 aliphatic rings. The number of benzene rings is 2. The van der Waals surface area contributed by atoms with E-state index in [-0.39, 0.29) is 0 Å². The minimum Gasteiger partial charge on any atom is -0.497 e. The normalized spacial score (nSPS) is 10.8. The van der Waals surface area contributed by atoms with Crippen LogP contribution in [-0.2, 0) is 6.54 Å².